The fourth-order valence-corrected chi connectivity index (χ4v) is 6.44. The Kier molecular flexibility index (Phi) is 8.00. The van der Waals surface area contributed by atoms with E-state index in [-0.39, 0.29) is 11.9 Å². The first kappa shape index (κ1) is 30.5. The van der Waals surface area contributed by atoms with Crippen molar-refractivity contribution in [2.45, 2.75) is 75.1 Å². The molecule has 0 atom stereocenters. The molecule has 236 valence electrons. The van der Waals surface area contributed by atoms with E-state index in [1.54, 1.807) is 18.3 Å². The molecule has 16 heteroatoms. The lowest BCUT2D eigenvalue weighted by atomic mass is 9.83. The van der Waals surface area contributed by atoms with Gasteiger partial charge in [0.1, 0.15) is 18.2 Å². The number of pyridine rings is 1. The van der Waals surface area contributed by atoms with Crippen LogP contribution in [0.25, 0.3) is 11.4 Å². The Morgan fingerprint density at radius 3 is 2.56 bits per heavy atom. The Morgan fingerprint density at radius 2 is 1.82 bits per heavy atom. The van der Waals surface area contributed by atoms with Gasteiger partial charge in [0.05, 0.1) is 51.8 Å². The van der Waals surface area contributed by atoms with Gasteiger partial charge in [-0.25, -0.2) is 23.4 Å². The third kappa shape index (κ3) is 7.60. The molecular weight excluding hydrogens is 611 g/mol. The van der Waals surface area contributed by atoms with Gasteiger partial charge in [-0.05, 0) is 51.5 Å². The molecule has 0 aromatic carbocycles. The second-order valence-corrected chi connectivity index (χ2v) is 13.6. The van der Waals surface area contributed by atoms with Gasteiger partial charge >= 0.3 is 6.18 Å². The normalized spacial score (nSPS) is 20.3. The Bertz CT molecular complexity index is 1860. The number of alkyl halides is 3. The van der Waals surface area contributed by atoms with E-state index >= 15 is 0 Å². The third-order valence-electron chi connectivity index (χ3n) is 7.58. The maximum absolute atomic E-state index is 12.7. The minimum atomic E-state index is -4.39. The smallest absolute Gasteiger partial charge is 0.390 e. The number of aromatic nitrogens is 7. The van der Waals surface area contributed by atoms with Gasteiger partial charge in [0.15, 0.2) is 5.82 Å². The number of halogens is 3. The highest BCUT2D eigenvalue weighted by Crippen LogP contribution is 2.32. The Morgan fingerprint density at radius 1 is 1.04 bits per heavy atom. The maximum atomic E-state index is 12.7. The number of hydrogen-bond donors (Lipinski definition) is 3. The van der Waals surface area contributed by atoms with E-state index in [1.807, 2.05) is 6.92 Å². The van der Waals surface area contributed by atoms with Gasteiger partial charge < -0.3 is 15.7 Å². The number of nitrogens with one attached hydrogen (secondary N) is 2. The lowest BCUT2D eigenvalue weighted by molar-refractivity contribution is -0.142. The molecular formula is C29H30F3N9O3S. The first-order valence-corrected chi connectivity index (χ1v) is 15.8. The summed E-state index contributed by atoms with van der Waals surface area (Å²) in [6, 6.07) is 3.45. The topological polar surface area (TPSA) is 153 Å². The van der Waals surface area contributed by atoms with Crippen molar-refractivity contribution in [3.8, 4) is 23.2 Å². The molecule has 2 fully saturated rings. The van der Waals surface area contributed by atoms with Crippen LogP contribution in [0.3, 0.4) is 0 Å². The third-order valence-corrected chi connectivity index (χ3v) is 9.61. The molecule has 3 N–H and O–H groups in total. The number of anilines is 3. The summed E-state index contributed by atoms with van der Waals surface area (Å²) in [5, 5.41) is 24.3. The number of rotatable bonds is 8. The van der Waals surface area contributed by atoms with Gasteiger partial charge in [-0.3, -0.25) is 4.68 Å². The largest absolute Gasteiger partial charge is 0.408 e. The zero-order valence-electron chi connectivity index (χ0n) is 24.2. The summed E-state index contributed by atoms with van der Waals surface area (Å²) in [4.78, 5) is 13.2. The molecule has 0 aliphatic heterocycles. The molecule has 6 rings (SSSR count). The highest BCUT2D eigenvalue weighted by atomic mass is 32.2. The highest BCUT2D eigenvalue weighted by Gasteiger charge is 2.37. The molecule has 0 spiro atoms. The predicted molar refractivity (Wildman–Crippen MR) is 159 cm³/mol. The van der Waals surface area contributed by atoms with E-state index < -0.39 is 33.6 Å². The van der Waals surface area contributed by atoms with Crippen LogP contribution >= 0.6 is 0 Å². The summed E-state index contributed by atoms with van der Waals surface area (Å²) in [6.07, 6.45) is 7.95. The van der Waals surface area contributed by atoms with Crippen molar-refractivity contribution in [3.05, 3.63) is 60.4 Å². The molecule has 4 aromatic rings. The number of aliphatic hydroxyl groups is 1. The average molecular weight is 642 g/mol. The van der Waals surface area contributed by atoms with Crippen LogP contribution in [-0.2, 0) is 16.6 Å². The van der Waals surface area contributed by atoms with Crippen LogP contribution < -0.4 is 10.6 Å². The summed E-state index contributed by atoms with van der Waals surface area (Å²) in [5.41, 5.74) is 1.22. The van der Waals surface area contributed by atoms with Crippen molar-refractivity contribution < 1.29 is 26.7 Å². The Hall–Kier alpha value is -4.49. The summed E-state index contributed by atoms with van der Waals surface area (Å²) < 4.78 is 65.0. The standard InChI is InChI=1S/C29H30F3N9O3S/c1-28(42)9-6-22(7-10-28)37-24-12-26(34-14-20(24)3-2-19-13-35-40(16-19)18-29(30,31)32)38-25-8-11-33-27(39-25)21-15-36-41(17-21)45(43,44)23-4-5-23/h8,11-17,22-23,42H,4-7,9-10,18H2,1H3,(H2,33,34,37,38,39). The second-order valence-electron chi connectivity index (χ2n) is 11.6. The second kappa shape index (κ2) is 11.8. The van der Waals surface area contributed by atoms with E-state index in [1.165, 1.54) is 31.0 Å². The summed E-state index contributed by atoms with van der Waals surface area (Å²) >= 11 is 0. The van der Waals surface area contributed by atoms with Crippen LogP contribution in [0.2, 0.25) is 0 Å². The molecule has 0 amide bonds. The van der Waals surface area contributed by atoms with Gasteiger partial charge in [-0.2, -0.15) is 27.5 Å². The van der Waals surface area contributed by atoms with Crippen molar-refractivity contribution >= 4 is 27.3 Å². The number of hydrogen-bond acceptors (Lipinski definition) is 10. The predicted octanol–water partition coefficient (Wildman–Crippen LogP) is 4.08. The molecule has 0 saturated heterocycles. The zero-order valence-corrected chi connectivity index (χ0v) is 25.0. The zero-order chi connectivity index (χ0) is 31.8. The lowest BCUT2D eigenvalue weighted by Gasteiger charge is -2.34. The van der Waals surface area contributed by atoms with Crippen LogP contribution in [0, 0.1) is 11.8 Å². The van der Waals surface area contributed by atoms with Gasteiger partial charge in [0, 0.05) is 30.7 Å². The van der Waals surface area contributed by atoms with E-state index in [2.05, 4.69) is 47.6 Å². The van der Waals surface area contributed by atoms with Crippen LogP contribution in [0.4, 0.5) is 30.5 Å². The SMILES string of the molecule is CC1(O)CCC(Nc2cc(Nc3ccnc(-c4cnn(S(=O)(=O)C5CC5)c4)n3)ncc2C#Cc2cnn(CC(F)(F)F)c2)CC1. The van der Waals surface area contributed by atoms with Crippen molar-refractivity contribution in [2.75, 3.05) is 10.6 Å². The van der Waals surface area contributed by atoms with Gasteiger partial charge in [0.2, 0.25) is 0 Å². The molecule has 0 radical (unpaired) electrons. The molecule has 4 aromatic heterocycles. The summed E-state index contributed by atoms with van der Waals surface area (Å²) in [5.74, 6) is 6.96. The first-order chi connectivity index (χ1) is 21.3. The van der Waals surface area contributed by atoms with E-state index in [0.29, 0.717) is 59.7 Å². The summed E-state index contributed by atoms with van der Waals surface area (Å²) in [6.45, 7) is 0.613. The minimum Gasteiger partial charge on any atom is -0.390 e. The van der Waals surface area contributed by atoms with Crippen LogP contribution in [0.1, 0.15) is 56.6 Å². The summed E-state index contributed by atoms with van der Waals surface area (Å²) in [7, 11) is -3.53. The molecule has 0 bridgehead atoms. The van der Waals surface area contributed by atoms with Crippen LogP contribution in [0.15, 0.2) is 49.3 Å². The fraction of sp³-hybridized carbons (Fsp3) is 0.414. The maximum Gasteiger partial charge on any atom is 0.408 e. The van der Waals surface area contributed by atoms with Crippen LogP contribution in [0.5, 0.6) is 0 Å². The molecule has 0 unspecified atom stereocenters. The number of nitrogens with zero attached hydrogens (tertiary/aromatic N) is 7. The van der Waals surface area contributed by atoms with Gasteiger partial charge in [-0.1, -0.05) is 11.8 Å². The average Bonchev–Trinajstić information content (AvgIpc) is 3.56. The highest BCUT2D eigenvalue weighted by molar-refractivity contribution is 7.90. The Balaban J connectivity index is 1.23. The lowest BCUT2D eigenvalue weighted by Crippen LogP contribution is -2.35. The van der Waals surface area contributed by atoms with Crippen molar-refractivity contribution in [1.82, 2.24) is 33.9 Å². The molecule has 2 aliphatic rings. The van der Waals surface area contributed by atoms with Crippen molar-refractivity contribution in [3.63, 3.8) is 0 Å². The Labute approximate surface area is 257 Å². The first-order valence-electron chi connectivity index (χ1n) is 14.3. The van der Waals surface area contributed by atoms with Gasteiger partial charge in [-0.15, -0.1) is 0 Å². The van der Waals surface area contributed by atoms with E-state index in [9.17, 15) is 26.7 Å². The van der Waals surface area contributed by atoms with Crippen molar-refractivity contribution in [2.24, 2.45) is 0 Å². The van der Waals surface area contributed by atoms with Gasteiger partial charge in [0.25, 0.3) is 10.0 Å². The van der Waals surface area contributed by atoms with E-state index in [4.69, 9.17) is 0 Å². The van der Waals surface area contributed by atoms with Crippen LogP contribution in [-0.4, -0.2) is 70.5 Å². The molecule has 12 nitrogen and oxygen atoms in total. The van der Waals surface area contributed by atoms with E-state index in [0.717, 1.165) is 21.6 Å². The fourth-order valence-electron chi connectivity index (χ4n) is 4.96. The minimum absolute atomic E-state index is 0.0599. The molecule has 4 heterocycles. The quantitative estimate of drug-likeness (QED) is 0.240. The molecule has 2 aliphatic carbocycles. The molecule has 2 saturated carbocycles. The molecule has 45 heavy (non-hydrogen) atoms. The monoisotopic (exact) mass is 641 g/mol. The van der Waals surface area contributed by atoms with Crippen molar-refractivity contribution in [1.29, 1.82) is 0 Å².